The minimum Gasteiger partial charge on any atom is -0.497 e. The first-order chi connectivity index (χ1) is 13.6. The minimum atomic E-state index is 0.164. The average molecular weight is 383 g/mol. The fraction of sp³-hybridized carbons (Fsp3) is 0.435. The van der Waals surface area contributed by atoms with Gasteiger partial charge in [0.25, 0.3) is 0 Å². The van der Waals surface area contributed by atoms with Gasteiger partial charge in [-0.15, -0.1) is 0 Å². The summed E-state index contributed by atoms with van der Waals surface area (Å²) in [5, 5.41) is 0. The van der Waals surface area contributed by atoms with Crippen LogP contribution in [0.4, 0.5) is 0 Å². The maximum Gasteiger partial charge on any atom is 0.237 e. The lowest BCUT2D eigenvalue weighted by molar-refractivity contribution is -0.133. The number of rotatable bonds is 8. The lowest BCUT2D eigenvalue weighted by Gasteiger charge is -2.27. The fourth-order valence-corrected chi connectivity index (χ4v) is 3.78. The normalized spacial score (nSPS) is 16.4. The lowest BCUT2D eigenvalue weighted by Crippen LogP contribution is -2.38. The largest absolute Gasteiger partial charge is 0.497 e. The van der Waals surface area contributed by atoms with Crippen LogP contribution in [0.1, 0.15) is 36.9 Å². The smallest absolute Gasteiger partial charge is 0.237 e. The van der Waals surface area contributed by atoms with Crippen LogP contribution in [0.2, 0.25) is 0 Å². The van der Waals surface area contributed by atoms with Gasteiger partial charge in [0.15, 0.2) is 0 Å². The van der Waals surface area contributed by atoms with Crippen molar-refractivity contribution in [3.63, 3.8) is 0 Å². The molecule has 0 aromatic heterocycles. The van der Waals surface area contributed by atoms with E-state index in [1.54, 1.807) is 7.11 Å². The molecule has 5 nitrogen and oxygen atoms in total. The van der Waals surface area contributed by atoms with E-state index in [0.29, 0.717) is 13.2 Å². The van der Waals surface area contributed by atoms with Gasteiger partial charge in [-0.05, 0) is 62.2 Å². The molecule has 0 radical (unpaired) electrons. The van der Waals surface area contributed by atoms with Crippen molar-refractivity contribution >= 4 is 5.91 Å². The van der Waals surface area contributed by atoms with E-state index in [0.717, 1.165) is 37.4 Å². The molecule has 1 amide bonds. The Balaban J connectivity index is 1.58. The second kappa shape index (κ2) is 9.60. The Hall–Kier alpha value is -2.53. The molecule has 2 aromatic rings. The second-order valence-electron chi connectivity index (χ2n) is 7.27. The molecule has 0 bridgehead atoms. The lowest BCUT2D eigenvalue weighted by atomic mass is 10.0. The third-order valence-corrected chi connectivity index (χ3v) is 5.17. The van der Waals surface area contributed by atoms with E-state index in [-0.39, 0.29) is 11.9 Å². The molecule has 3 rings (SSSR count). The van der Waals surface area contributed by atoms with Crippen LogP contribution in [0.3, 0.4) is 0 Å². The molecule has 1 heterocycles. The van der Waals surface area contributed by atoms with E-state index >= 15 is 0 Å². The number of carbonyl (C=O) groups is 1. The third kappa shape index (κ3) is 5.04. The highest BCUT2D eigenvalue weighted by molar-refractivity contribution is 5.79. The van der Waals surface area contributed by atoms with E-state index in [9.17, 15) is 4.79 Å². The van der Waals surface area contributed by atoms with Gasteiger partial charge in [-0.1, -0.05) is 24.3 Å². The number of likely N-dealkylation sites (N-methyl/N-ethyl adjacent to an activating group) is 1. The molecule has 1 fully saturated rings. The van der Waals surface area contributed by atoms with Gasteiger partial charge in [-0.3, -0.25) is 9.69 Å². The zero-order valence-electron chi connectivity index (χ0n) is 17.1. The molecule has 150 valence electrons. The van der Waals surface area contributed by atoms with Crippen molar-refractivity contribution in [3.8, 4) is 11.5 Å². The highest BCUT2D eigenvalue weighted by Crippen LogP contribution is 2.33. The van der Waals surface area contributed by atoms with Crippen LogP contribution in [0.15, 0.2) is 48.5 Å². The predicted octanol–water partition coefficient (Wildman–Crippen LogP) is 3.89. The van der Waals surface area contributed by atoms with Crippen molar-refractivity contribution in [2.75, 3.05) is 33.9 Å². The van der Waals surface area contributed by atoms with Gasteiger partial charge in [0, 0.05) is 13.1 Å². The minimum absolute atomic E-state index is 0.164. The Morgan fingerprint density at radius 1 is 1.11 bits per heavy atom. The molecule has 1 aliphatic heterocycles. The van der Waals surface area contributed by atoms with Crippen molar-refractivity contribution < 1.29 is 14.3 Å². The molecule has 0 N–H and O–H groups in total. The van der Waals surface area contributed by atoms with Crippen LogP contribution in [0.25, 0.3) is 0 Å². The zero-order chi connectivity index (χ0) is 19.9. The summed E-state index contributed by atoms with van der Waals surface area (Å²) in [4.78, 5) is 17.0. The summed E-state index contributed by atoms with van der Waals surface area (Å²) < 4.78 is 10.7. The van der Waals surface area contributed by atoms with Crippen LogP contribution in [-0.2, 0) is 11.3 Å². The van der Waals surface area contributed by atoms with Gasteiger partial charge < -0.3 is 14.4 Å². The summed E-state index contributed by atoms with van der Waals surface area (Å²) in [7, 11) is 3.65. The van der Waals surface area contributed by atoms with Crippen molar-refractivity contribution in [2.45, 2.75) is 32.4 Å². The molecule has 5 heteroatoms. The van der Waals surface area contributed by atoms with E-state index in [1.165, 1.54) is 11.1 Å². The SMILES string of the molecule is CCOc1ccc(C2CCCN2C(=O)CN(C)Cc2ccc(OC)cc2)cc1. The summed E-state index contributed by atoms with van der Waals surface area (Å²) in [5.74, 6) is 1.91. The van der Waals surface area contributed by atoms with Crippen LogP contribution in [0.5, 0.6) is 11.5 Å². The highest BCUT2D eigenvalue weighted by atomic mass is 16.5. The maximum atomic E-state index is 12.9. The van der Waals surface area contributed by atoms with Crippen LogP contribution < -0.4 is 9.47 Å². The van der Waals surface area contributed by atoms with Crippen LogP contribution >= 0.6 is 0 Å². The molecule has 0 spiro atoms. The molecule has 1 unspecified atom stereocenters. The number of nitrogens with zero attached hydrogens (tertiary/aromatic N) is 2. The summed E-state index contributed by atoms with van der Waals surface area (Å²) in [6, 6.07) is 16.3. The van der Waals surface area contributed by atoms with Crippen molar-refractivity contribution in [2.24, 2.45) is 0 Å². The Morgan fingerprint density at radius 3 is 2.43 bits per heavy atom. The molecule has 2 aromatic carbocycles. The van der Waals surface area contributed by atoms with E-state index < -0.39 is 0 Å². The van der Waals surface area contributed by atoms with E-state index in [1.807, 2.05) is 55.3 Å². The van der Waals surface area contributed by atoms with Crippen LogP contribution in [0, 0.1) is 0 Å². The number of benzene rings is 2. The molecular formula is C23H30N2O3. The highest BCUT2D eigenvalue weighted by Gasteiger charge is 2.30. The number of amides is 1. The van der Waals surface area contributed by atoms with Crippen LogP contribution in [-0.4, -0.2) is 49.6 Å². The number of ether oxygens (including phenoxy) is 2. The molecule has 1 atom stereocenters. The average Bonchev–Trinajstić information content (AvgIpc) is 3.19. The third-order valence-electron chi connectivity index (χ3n) is 5.17. The number of methoxy groups -OCH3 is 1. The summed E-state index contributed by atoms with van der Waals surface area (Å²) >= 11 is 0. The monoisotopic (exact) mass is 382 g/mol. The fourth-order valence-electron chi connectivity index (χ4n) is 3.78. The van der Waals surface area contributed by atoms with Gasteiger partial charge in [0.05, 0.1) is 26.3 Å². The first-order valence-electron chi connectivity index (χ1n) is 9.94. The first kappa shape index (κ1) is 20.2. The van der Waals surface area contributed by atoms with Gasteiger partial charge in [0.2, 0.25) is 5.91 Å². The topological polar surface area (TPSA) is 42.0 Å². The van der Waals surface area contributed by atoms with Gasteiger partial charge >= 0.3 is 0 Å². The summed E-state index contributed by atoms with van der Waals surface area (Å²) in [6.45, 7) is 4.62. The zero-order valence-corrected chi connectivity index (χ0v) is 17.1. The van der Waals surface area contributed by atoms with Crippen molar-refractivity contribution in [1.82, 2.24) is 9.80 Å². The molecule has 28 heavy (non-hydrogen) atoms. The number of hydrogen-bond acceptors (Lipinski definition) is 4. The van der Waals surface area contributed by atoms with Gasteiger partial charge in [0.1, 0.15) is 11.5 Å². The van der Waals surface area contributed by atoms with Crippen molar-refractivity contribution in [1.29, 1.82) is 0 Å². The van der Waals surface area contributed by atoms with Crippen molar-refractivity contribution in [3.05, 3.63) is 59.7 Å². The quantitative estimate of drug-likeness (QED) is 0.695. The Morgan fingerprint density at radius 2 is 1.79 bits per heavy atom. The number of carbonyl (C=O) groups excluding carboxylic acids is 1. The number of likely N-dealkylation sites (tertiary alicyclic amines) is 1. The molecular weight excluding hydrogens is 352 g/mol. The van der Waals surface area contributed by atoms with Gasteiger partial charge in [-0.2, -0.15) is 0 Å². The Bertz CT molecular complexity index is 758. The molecule has 0 saturated carbocycles. The maximum absolute atomic E-state index is 12.9. The molecule has 1 saturated heterocycles. The first-order valence-corrected chi connectivity index (χ1v) is 9.94. The molecule has 0 aliphatic carbocycles. The summed E-state index contributed by atoms with van der Waals surface area (Å²) in [6.07, 6.45) is 2.06. The predicted molar refractivity (Wildman–Crippen MR) is 111 cm³/mol. The van der Waals surface area contributed by atoms with E-state index in [2.05, 4.69) is 17.0 Å². The molecule has 1 aliphatic rings. The van der Waals surface area contributed by atoms with E-state index in [4.69, 9.17) is 9.47 Å². The summed E-state index contributed by atoms with van der Waals surface area (Å²) in [5.41, 5.74) is 2.35. The Labute approximate surface area is 167 Å². The Kier molecular flexibility index (Phi) is 6.93. The van der Waals surface area contributed by atoms with Gasteiger partial charge in [-0.25, -0.2) is 0 Å². The number of hydrogen-bond donors (Lipinski definition) is 0. The second-order valence-corrected chi connectivity index (χ2v) is 7.27. The standard InChI is InChI=1S/C23H30N2O3/c1-4-28-21-13-9-19(10-14-21)22-6-5-15-25(22)23(26)17-24(2)16-18-7-11-20(27-3)12-8-18/h7-14,22H,4-6,15-17H2,1-3H3.